The largest absolute Gasteiger partial charge is 0.480 e. The Morgan fingerprint density at radius 3 is 3.00 bits per heavy atom. The van der Waals surface area contributed by atoms with Crippen LogP contribution in [-0.2, 0) is 4.79 Å². The molecule has 1 heterocycles. The predicted octanol–water partition coefficient (Wildman–Crippen LogP) is -1.21. The Morgan fingerprint density at radius 1 is 1.89 bits per heavy atom. The maximum atomic E-state index is 10.3. The van der Waals surface area contributed by atoms with Gasteiger partial charge in [-0.3, -0.25) is 4.79 Å². The minimum Gasteiger partial charge on any atom is -0.480 e. The molecule has 2 atom stereocenters. The number of hydrogen-bond donors (Lipinski definition) is 3. The number of rotatable bonds is 2. The molecule has 52 valence electrons. The number of hydrogen-bond acceptors (Lipinski definition) is 3. The lowest BCUT2D eigenvalue weighted by molar-refractivity contribution is -0.139. The van der Waals surface area contributed by atoms with E-state index in [1.54, 1.807) is 0 Å². The average molecular weight is 132 g/mol. The fraction of sp³-hybridized carbons (Fsp3) is 0.800. The summed E-state index contributed by atoms with van der Waals surface area (Å²) in [5.41, 5.74) is 0. The molecule has 9 heavy (non-hydrogen) atoms. The highest BCUT2D eigenvalue weighted by molar-refractivity contribution is 5.73. The Morgan fingerprint density at radius 2 is 2.67 bits per heavy atom. The minimum absolute atomic E-state index is 0.263. The second kappa shape index (κ2) is 2.33. The number of carboxylic acids is 1. The number of aliphatic hydroxyl groups is 1. The summed E-state index contributed by atoms with van der Waals surface area (Å²) in [5.74, 6) is -0.875. The normalized spacial score (nSPS) is 36.2. The number of β-amino-alcohol motifs (C(OH)–C–C–N with tert-alkyl or cyclic N) is 1. The fourth-order valence-electron chi connectivity index (χ4n) is 0.891. The zero-order chi connectivity index (χ0) is 7.56. The third-order valence-electron chi connectivity index (χ3n) is 1.39. The summed E-state index contributed by atoms with van der Waals surface area (Å²) in [6, 6.07) is -0.532. The monoisotopic (exact) mass is 132 g/mol. The van der Waals surface area contributed by atoms with Crippen molar-refractivity contribution in [2.45, 2.75) is 18.6 Å². The van der Waals surface area contributed by atoms with Crippen LogP contribution in [0.4, 0.5) is 0 Å². The maximum absolute atomic E-state index is 10.3. The van der Waals surface area contributed by atoms with Gasteiger partial charge in [0.2, 0.25) is 1.43 Å². The molecular weight excluding hydrogens is 122 g/mol. The molecule has 1 saturated heterocycles. The zero-order valence-electron chi connectivity index (χ0n) is 5.83. The molecule has 3 N–H and O–H groups in total. The van der Waals surface area contributed by atoms with E-state index in [4.69, 9.17) is 6.54 Å². The lowest BCUT2D eigenvalue weighted by atomic mass is 10.2. The highest BCUT2D eigenvalue weighted by atomic mass is 16.4. The Hall–Kier alpha value is -0.610. The average Bonchev–Trinajstić information content (AvgIpc) is 2.34. The molecular formula is C5H9NO3. The van der Waals surface area contributed by atoms with Gasteiger partial charge in [0, 0.05) is 13.0 Å². The summed E-state index contributed by atoms with van der Waals surface area (Å²) in [6.07, 6.45) is 0.125. The highest BCUT2D eigenvalue weighted by Crippen LogP contribution is 2.05. The molecule has 0 radical (unpaired) electrons. The second-order valence-electron chi connectivity index (χ2n) is 2.16. The van der Waals surface area contributed by atoms with Gasteiger partial charge in [0.1, 0.15) is 6.04 Å². The van der Waals surface area contributed by atoms with E-state index < -0.39 is 12.0 Å². The van der Waals surface area contributed by atoms with E-state index in [1.165, 1.54) is 0 Å². The molecule has 4 heteroatoms. The van der Waals surface area contributed by atoms with Crippen molar-refractivity contribution in [3.8, 4) is 0 Å². The van der Waals surface area contributed by atoms with Crippen molar-refractivity contribution in [1.29, 1.82) is 1.43 Å². The van der Waals surface area contributed by atoms with Crippen LogP contribution in [0.3, 0.4) is 0 Å². The number of aliphatic hydroxyl groups excluding tert-OH is 1. The van der Waals surface area contributed by atoms with E-state index in [9.17, 15) is 4.79 Å². The molecule has 4 nitrogen and oxygen atoms in total. The van der Waals surface area contributed by atoms with Crippen molar-refractivity contribution in [2.24, 2.45) is 0 Å². The van der Waals surface area contributed by atoms with Crippen LogP contribution in [0.15, 0.2) is 0 Å². The smallest absolute Gasteiger partial charge is 0.320 e. The van der Waals surface area contributed by atoms with E-state index >= 15 is 0 Å². The molecule has 1 aliphatic heterocycles. The van der Waals surface area contributed by atoms with E-state index in [0.717, 1.165) is 0 Å². The van der Waals surface area contributed by atoms with Crippen molar-refractivity contribution in [1.82, 2.24) is 5.32 Å². The first-order chi connectivity index (χ1) is 4.74. The van der Waals surface area contributed by atoms with Gasteiger partial charge in [0.25, 0.3) is 0 Å². The van der Waals surface area contributed by atoms with Crippen LogP contribution in [0.1, 0.15) is 6.42 Å². The second-order valence-corrected chi connectivity index (χ2v) is 2.16. The summed E-state index contributed by atoms with van der Waals surface area (Å²) >= 11 is 0. The quantitative estimate of drug-likeness (QED) is 0.441. The molecule has 0 bridgehead atoms. The molecule has 1 aliphatic rings. The predicted molar refractivity (Wildman–Crippen MR) is 30.1 cm³/mol. The Kier molecular flexibility index (Phi) is 1.34. The van der Waals surface area contributed by atoms with Crippen LogP contribution in [0.25, 0.3) is 0 Å². The first kappa shape index (κ1) is 5.20. The molecule has 0 aliphatic carbocycles. The third-order valence-corrected chi connectivity index (χ3v) is 1.39. The summed E-state index contributed by atoms with van der Waals surface area (Å²) in [5, 5.41) is 15.4. The van der Waals surface area contributed by atoms with E-state index in [2.05, 4.69) is 10.4 Å². The van der Waals surface area contributed by atoms with Crippen LogP contribution < -0.4 is 5.32 Å². The van der Waals surface area contributed by atoms with Crippen molar-refractivity contribution in [2.75, 3.05) is 6.54 Å². The lowest BCUT2D eigenvalue weighted by Crippen LogP contribution is -2.29. The molecule has 0 spiro atoms. The van der Waals surface area contributed by atoms with Crippen LogP contribution >= 0.6 is 0 Å². The molecule has 0 aromatic carbocycles. The van der Waals surface area contributed by atoms with Gasteiger partial charge in [0.15, 0.2) is 0 Å². The lowest BCUT2D eigenvalue weighted by Gasteiger charge is -1.99. The SMILES string of the molecule is [2H]O[C@@H]1CN[C@@H](C(=O)O)C1. The number of aliphatic carboxylic acids is 1. The molecule has 1 rings (SSSR count). The molecule has 0 saturated carbocycles. The highest BCUT2D eigenvalue weighted by Gasteiger charge is 2.27. The molecule has 0 amide bonds. The fourth-order valence-corrected chi connectivity index (χ4v) is 0.891. The Bertz CT molecular complexity index is 141. The van der Waals surface area contributed by atoms with Gasteiger partial charge in [-0.25, -0.2) is 0 Å². The Labute approximate surface area is 54.0 Å². The van der Waals surface area contributed by atoms with Crippen molar-refractivity contribution >= 4 is 5.97 Å². The molecule has 1 fully saturated rings. The van der Waals surface area contributed by atoms with Crippen molar-refractivity contribution in [3.05, 3.63) is 0 Å². The zero-order valence-corrected chi connectivity index (χ0v) is 4.83. The van der Waals surface area contributed by atoms with Gasteiger partial charge in [-0.2, -0.15) is 0 Å². The van der Waals surface area contributed by atoms with Crippen LogP contribution in [0.2, 0.25) is 0 Å². The van der Waals surface area contributed by atoms with E-state index in [-0.39, 0.29) is 6.10 Å². The summed E-state index contributed by atoms with van der Waals surface area (Å²) in [6.45, 7) is 0.459. The van der Waals surface area contributed by atoms with Crippen LogP contribution in [0.5, 0.6) is 0 Å². The van der Waals surface area contributed by atoms with E-state index in [0.29, 0.717) is 13.0 Å². The molecule has 0 aromatic rings. The maximum Gasteiger partial charge on any atom is 0.320 e. The number of carboxylic acid groups (broad SMARTS) is 1. The Balaban J connectivity index is 2.35. The van der Waals surface area contributed by atoms with Gasteiger partial charge < -0.3 is 15.5 Å². The van der Waals surface area contributed by atoms with Crippen LogP contribution in [0, 0.1) is 0 Å². The van der Waals surface area contributed by atoms with Gasteiger partial charge in [-0.1, -0.05) is 0 Å². The van der Waals surface area contributed by atoms with Crippen LogP contribution in [-0.4, -0.2) is 36.3 Å². The first-order valence-corrected chi connectivity index (χ1v) is 2.82. The van der Waals surface area contributed by atoms with Crippen molar-refractivity contribution < 1.29 is 15.0 Å². The molecule has 0 unspecified atom stereocenters. The summed E-state index contributed by atoms with van der Waals surface area (Å²) in [4.78, 5) is 10.3. The van der Waals surface area contributed by atoms with Crippen molar-refractivity contribution in [3.63, 3.8) is 0 Å². The van der Waals surface area contributed by atoms with E-state index in [1.807, 2.05) is 0 Å². The minimum atomic E-state index is -0.875. The summed E-state index contributed by atoms with van der Waals surface area (Å²) < 4.78 is 6.50. The summed E-state index contributed by atoms with van der Waals surface area (Å²) in [7, 11) is 0. The van der Waals surface area contributed by atoms with Gasteiger partial charge in [-0.15, -0.1) is 0 Å². The molecule has 0 aromatic heterocycles. The number of nitrogens with one attached hydrogen (secondary N) is 1. The first-order valence-electron chi connectivity index (χ1n) is 3.23. The van der Waals surface area contributed by atoms with Gasteiger partial charge >= 0.3 is 5.97 Å². The standard InChI is InChI=1S/C5H9NO3/c7-3-1-4(5(8)9)6-2-3/h3-4,6-7H,1-2H2,(H,8,9)/t3-,4+/m0/s1/i7D. The third kappa shape index (κ3) is 1.40. The van der Waals surface area contributed by atoms with Gasteiger partial charge in [-0.05, 0) is 0 Å². The topological polar surface area (TPSA) is 69.6 Å². The number of carbonyl (C=O) groups is 1. The van der Waals surface area contributed by atoms with Gasteiger partial charge in [0.05, 0.1) is 6.10 Å².